The molecule has 1 saturated heterocycles. The topological polar surface area (TPSA) is 75.8 Å². The van der Waals surface area contributed by atoms with Crippen molar-refractivity contribution in [2.45, 2.75) is 19.4 Å². The van der Waals surface area contributed by atoms with Crippen LogP contribution in [0.3, 0.4) is 0 Å². The molecule has 2 rings (SSSR count). The van der Waals surface area contributed by atoms with Crippen molar-refractivity contribution in [1.29, 1.82) is 0 Å². The lowest BCUT2D eigenvalue weighted by atomic mass is 10.0. The number of nitrogen functional groups attached to an aromatic ring is 1. The Labute approximate surface area is 113 Å². The zero-order valence-corrected chi connectivity index (χ0v) is 11.3. The van der Waals surface area contributed by atoms with Crippen LogP contribution in [0.2, 0.25) is 0 Å². The van der Waals surface area contributed by atoms with Gasteiger partial charge in [0.2, 0.25) is 0 Å². The van der Waals surface area contributed by atoms with Crippen LogP contribution >= 0.6 is 0 Å². The van der Waals surface area contributed by atoms with Crippen molar-refractivity contribution in [1.82, 2.24) is 4.90 Å². The number of carbonyl (C=O) groups is 1. The molecule has 3 N–H and O–H groups in total. The molecule has 1 aromatic rings. The molecule has 1 amide bonds. The lowest BCUT2D eigenvalue weighted by molar-refractivity contribution is 0.0762. The summed E-state index contributed by atoms with van der Waals surface area (Å²) in [6.07, 6.45) is 0.466. The molecule has 104 valence electrons. The van der Waals surface area contributed by atoms with Gasteiger partial charge in [0.25, 0.3) is 5.91 Å². The quantitative estimate of drug-likeness (QED) is 0.802. The molecule has 1 fully saturated rings. The molecule has 5 nitrogen and oxygen atoms in total. The predicted octanol–water partition coefficient (Wildman–Crippen LogP) is 1.12. The fourth-order valence-electron chi connectivity index (χ4n) is 2.42. The van der Waals surface area contributed by atoms with Crippen molar-refractivity contribution in [3.63, 3.8) is 0 Å². The molecular formula is C14H20N2O3. The molecule has 0 aromatic heterocycles. The van der Waals surface area contributed by atoms with Gasteiger partial charge in [-0.3, -0.25) is 4.79 Å². The number of hydrogen-bond donors (Lipinski definition) is 2. The third-order valence-electron chi connectivity index (χ3n) is 3.67. The van der Waals surface area contributed by atoms with Crippen molar-refractivity contribution in [3.8, 4) is 5.75 Å². The molecule has 1 aliphatic heterocycles. The first-order valence-corrected chi connectivity index (χ1v) is 6.43. The first kappa shape index (κ1) is 13.7. The van der Waals surface area contributed by atoms with E-state index in [0.717, 1.165) is 6.42 Å². The zero-order valence-electron chi connectivity index (χ0n) is 11.3. The number of nitrogens with zero attached hydrogens (tertiary/aromatic N) is 1. The molecule has 1 heterocycles. The number of ether oxygens (including phenoxy) is 1. The van der Waals surface area contributed by atoms with Crippen molar-refractivity contribution in [3.05, 3.63) is 23.8 Å². The van der Waals surface area contributed by atoms with E-state index in [1.165, 1.54) is 0 Å². The molecule has 5 heteroatoms. The Hall–Kier alpha value is -1.75. The summed E-state index contributed by atoms with van der Waals surface area (Å²) in [4.78, 5) is 14.1. The second kappa shape index (κ2) is 5.48. The molecule has 1 aliphatic rings. The summed E-state index contributed by atoms with van der Waals surface area (Å²) in [6.45, 7) is 3.05. The second-order valence-electron chi connectivity index (χ2n) is 5.00. The average molecular weight is 264 g/mol. The highest BCUT2D eigenvalue weighted by molar-refractivity contribution is 5.95. The zero-order chi connectivity index (χ0) is 14.0. The van der Waals surface area contributed by atoms with Crippen LogP contribution in [0.1, 0.15) is 23.7 Å². The SMILES string of the molecule is COc1ccc(C(=O)N2CCC(C(C)O)C2)cc1N. The van der Waals surface area contributed by atoms with Gasteiger partial charge >= 0.3 is 0 Å². The molecule has 2 unspecified atom stereocenters. The van der Waals surface area contributed by atoms with Gasteiger partial charge in [-0.15, -0.1) is 0 Å². The molecule has 0 bridgehead atoms. The molecule has 2 atom stereocenters. The summed E-state index contributed by atoms with van der Waals surface area (Å²) in [5.74, 6) is 0.692. The Balaban J connectivity index is 2.10. The molecule has 0 saturated carbocycles. The first-order valence-electron chi connectivity index (χ1n) is 6.43. The maximum atomic E-state index is 12.3. The van der Waals surface area contributed by atoms with Gasteiger partial charge in [-0.25, -0.2) is 0 Å². The summed E-state index contributed by atoms with van der Waals surface area (Å²) < 4.78 is 5.07. The van der Waals surface area contributed by atoms with Crippen LogP contribution in [-0.2, 0) is 0 Å². The lowest BCUT2D eigenvalue weighted by Gasteiger charge is -2.18. The number of benzene rings is 1. The minimum Gasteiger partial charge on any atom is -0.495 e. The van der Waals surface area contributed by atoms with Gasteiger partial charge in [0.1, 0.15) is 5.75 Å². The van der Waals surface area contributed by atoms with Crippen molar-refractivity contribution in [2.24, 2.45) is 5.92 Å². The second-order valence-corrected chi connectivity index (χ2v) is 5.00. The van der Waals surface area contributed by atoms with Crippen LogP contribution in [0.4, 0.5) is 5.69 Å². The molecule has 0 spiro atoms. The highest BCUT2D eigenvalue weighted by Gasteiger charge is 2.29. The largest absolute Gasteiger partial charge is 0.495 e. The van der Waals surface area contributed by atoms with Gasteiger partial charge in [-0.1, -0.05) is 0 Å². The Morgan fingerprint density at radius 1 is 1.58 bits per heavy atom. The van der Waals surface area contributed by atoms with E-state index in [1.807, 2.05) is 0 Å². The van der Waals surface area contributed by atoms with Gasteiger partial charge in [-0.05, 0) is 31.5 Å². The third kappa shape index (κ3) is 2.81. The summed E-state index contributed by atoms with van der Waals surface area (Å²) >= 11 is 0. The van der Waals surface area contributed by atoms with Gasteiger partial charge in [0.05, 0.1) is 18.9 Å². The van der Waals surface area contributed by atoms with Crippen molar-refractivity contribution >= 4 is 11.6 Å². The number of aliphatic hydroxyl groups is 1. The van der Waals surface area contributed by atoms with Crippen molar-refractivity contribution in [2.75, 3.05) is 25.9 Å². The molecule has 1 aromatic carbocycles. The fourth-order valence-corrected chi connectivity index (χ4v) is 2.42. The van der Waals surface area contributed by atoms with Crippen LogP contribution in [0.25, 0.3) is 0 Å². The fraction of sp³-hybridized carbons (Fsp3) is 0.500. The molecule has 19 heavy (non-hydrogen) atoms. The summed E-state index contributed by atoms with van der Waals surface area (Å²) in [6, 6.07) is 5.05. The maximum Gasteiger partial charge on any atom is 0.253 e. The van der Waals surface area contributed by atoms with Crippen molar-refractivity contribution < 1.29 is 14.6 Å². The number of rotatable bonds is 3. The Bertz CT molecular complexity index is 474. The number of amides is 1. The van der Waals surface area contributed by atoms with Crippen LogP contribution in [0.15, 0.2) is 18.2 Å². The monoisotopic (exact) mass is 264 g/mol. The summed E-state index contributed by atoms with van der Waals surface area (Å²) in [7, 11) is 1.54. The van der Waals surface area contributed by atoms with E-state index >= 15 is 0 Å². The standard InChI is InChI=1S/C14H20N2O3/c1-9(17)11-5-6-16(8-11)14(18)10-3-4-13(19-2)12(15)7-10/h3-4,7,9,11,17H,5-6,8,15H2,1-2H3. The van der Waals surface area contributed by atoms with E-state index in [-0.39, 0.29) is 17.9 Å². The minimum absolute atomic E-state index is 0.0440. The van der Waals surface area contributed by atoms with Crippen LogP contribution in [-0.4, -0.2) is 42.2 Å². The predicted molar refractivity (Wildman–Crippen MR) is 73.1 cm³/mol. The summed E-state index contributed by atoms with van der Waals surface area (Å²) in [5.41, 5.74) is 6.83. The highest BCUT2D eigenvalue weighted by Crippen LogP contribution is 2.25. The molecular weight excluding hydrogens is 244 g/mol. The van der Waals surface area contributed by atoms with E-state index in [4.69, 9.17) is 10.5 Å². The number of methoxy groups -OCH3 is 1. The number of anilines is 1. The number of hydrogen-bond acceptors (Lipinski definition) is 4. The lowest BCUT2D eigenvalue weighted by Crippen LogP contribution is -2.30. The van der Waals surface area contributed by atoms with E-state index in [0.29, 0.717) is 30.1 Å². The van der Waals surface area contributed by atoms with Crippen LogP contribution in [0, 0.1) is 5.92 Å². The average Bonchev–Trinajstić information content (AvgIpc) is 2.87. The van der Waals surface area contributed by atoms with Gasteiger partial charge in [0, 0.05) is 24.6 Å². The van der Waals surface area contributed by atoms with E-state index in [2.05, 4.69) is 0 Å². The van der Waals surface area contributed by atoms with E-state index in [9.17, 15) is 9.90 Å². The number of carbonyl (C=O) groups excluding carboxylic acids is 1. The number of nitrogens with two attached hydrogens (primary N) is 1. The minimum atomic E-state index is -0.376. The summed E-state index contributed by atoms with van der Waals surface area (Å²) in [5, 5.41) is 9.56. The third-order valence-corrected chi connectivity index (χ3v) is 3.67. The number of aliphatic hydroxyl groups excluding tert-OH is 1. The first-order chi connectivity index (χ1) is 9.02. The Morgan fingerprint density at radius 2 is 2.32 bits per heavy atom. The number of likely N-dealkylation sites (tertiary alicyclic amines) is 1. The van der Waals surface area contributed by atoms with E-state index in [1.54, 1.807) is 37.1 Å². The highest BCUT2D eigenvalue weighted by atomic mass is 16.5. The molecule has 0 aliphatic carbocycles. The van der Waals surface area contributed by atoms with Crippen LogP contribution < -0.4 is 10.5 Å². The molecule has 0 radical (unpaired) electrons. The maximum absolute atomic E-state index is 12.3. The Morgan fingerprint density at radius 3 is 2.84 bits per heavy atom. The van der Waals surface area contributed by atoms with Crippen LogP contribution in [0.5, 0.6) is 5.75 Å². The smallest absolute Gasteiger partial charge is 0.253 e. The van der Waals surface area contributed by atoms with E-state index < -0.39 is 0 Å². The van der Waals surface area contributed by atoms with Gasteiger partial charge < -0.3 is 20.5 Å². The normalized spacial score (nSPS) is 20.4. The van der Waals surface area contributed by atoms with Gasteiger partial charge in [0.15, 0.2) is 0 Å². The Kier molecular flexibility index (Phi) is 3.95. The van der Waals surface area contributed by atoms with Gasteiger partial charge in [-0.2, -0.15) is 0 Å².